The van der Waals surface area contributed by atoms with Gasteiger partial charge < -0.3 is 10.1 Å². The number of fused-ring (bicyclic) bond motifs is 1. The van der Waals surface area contributed by atoms with Crippen LogP contribution in [-0.2, 0) is 16.1 Å². The second-order valence-corrected chi connectivity index (χ2v) is 7.45. The van der Waals surface area contributed by atoms with E-state index in [1.54, 1.807) is 17.5 Å². The zero-order chi connectivity index (χ0) is 19.7. The lowest BCUT2D eigenvalue weighted by Gasteiger charge is -2.14. The maximum absolute atomic E-state index is 14.3. The zero-order valence-electron chi connectivity index (χ0n) is 14.9. The first-order valence-corrected chi connectivity index (χ1v) is 9.80. The van der Waals surface area contributed by atoms with Crippen molar-refractivity contribution in [1.82, 2.24) is 14.5 Å². The number of rotatable bonds is 5. The van der Waals surface area contributed by atoms with Crippen LogP contribution in [0, 0.1) is 5.82 Å². The maximum atomic E-state index is 14.3. The van der Waals surface area contributed by atoms with E-state index in [1.165, 1.54) is 22.8 Å². The zero-order valence-corrected chi connectivity index (χ0v) is 15.7. The fourth-order valence-electron chi connectivity index (χ4n) is 3.32. The Kier molecular flexibility index (Phi) is 5.10. The summed E-state index contributed by atoms with van der Waals surface area (Å²) in [5.41, 5.74) is -1.13. The van der Waals surface area contributed by atoms with Crippen molar-refractivity contribution in [3.05, 3.63) is 62.4 Å². The summed E-state index contributed by atoms with van der Waals surface area (Å²) in [6.45, 7) is 0.782. The van der Waals surface area contributed by atoms with Crippen LogP contribution in [0.2, 0.25) is 0 Å². The highest BCUT2D eigenvalue weighted by molar-refractivity contribution is 7.17. The Morgan fingerprint density at radius 1 is 1.29 bits per heavy atom. The van der Waals surface area contributed by atoms with Gasteiger partial charge in [0, 0.05) is 13.2 Å². The number of nitrogens with zero attached hydrogens (tertiary/aromatic N) is 2. The van der Waals surface area contributed by atoms with Gasteiger partial charge in [-0.25, -0.2) is 13.8 Å². The second kappa shape index (κ2) is 7.69. The number of aromatic nitrogens is 2. The molecule has 146 valence electrons. The Bertz CT molecular complexity index is 1140. The predicted molar refractivity (Wildman–Crippen MR) is 104 cm³/mol. The van der Waals surface area contributed by atoms with Crippen molar-refractivity contribution in [2.75, 3.05) is 13.2 Å². The first-order valence-electron chi connectivity index (χ1n) is 8.92. The molecule has 28 heavy (non-hydrogen) atoms. The molecule has 0 radical (unpaired) electrons. The molecule has 1 aromatic carbocycles. The van der Waals surface area contributed by atoms with Crippen LogP contribution in [0.25, 0.3) is 15.9 Å². The van der Waals surface area contributed by atoms with Crippen LogP contribution < -0.4 is 16.6 Å². The van der Waals surface area contributed by atoms with Gasteiger partial charge in [0.25, 0.3) is 5.56 Å². The van der Waals surface area contributed by atoms with Gasteiger partial charge in [-0.15, -0.1) is 11.3 Å². The molecule has 1 N–H and O–H groups in total. The number of para-hydroxylation sites is 1. The van der Waals surface area contributed by atoms with E-state index in [9.17, 15) is 18.8 Å². The van der Waals surface area contributed by atoms with E-state index in [1.807, 2.05) is 0 Å². The average molecular weight is 403 g/mol. The van der Waals surface area contributed by atoms with Gasteiger partial charge >= 0.3 is 5.69 Å². The quantitative estimate of drug-likeness (QED) is 0.702. The molecule has 0 bridgehead atoms. The lowest BCUT2D eigenvalue weighted by Crippen LogP contribution is -2.42. The fraction of sp³-hybridized carbons (Fsp3) is 0.316. The molecular formula is C19H18FN3O4S. The molecule has 1 aliphatic rings. The van der Waals surface area contributed by atoms with Crippen molar-refractivity contribution >= 4 is 27.5 Å². The molecule has 1 unspecified atom stereocenters. The molecule has 0 spiro atoms. The minimum atomic E-state index is -0.756. The van der Waals surface area contributed by atoms with E-state index in [0.717, 1.165) is 28.7 Å². The number of carbonyl (C=O) groups excluding carboxylic acids is 1. The molecule has 4 rings (SSSR count). The Balaban J connectivity index is 1.73. The SMILES string of the molecule is O=C(Cn1c(=O)n(-c2ccccc2F)c(=O)c2sccc21)NCC1CCCO1. The molecule has 3 heterocycles. The molecule has 0 aliphatic carbocycles. The third kappa shape index (κ3) is 3.38. The average Bonchev–Trinajstić information content (AvgIpc) is 3.37. The standard InChI is InChI=1S/C19H18FN3O4S/c20-13-5-1-2-6-14(13)23-18(25)17-15(7-9-28-17)22(19(23)26)11-16(24)21-10-12-4-3-8-27-12/h1-2,5-7,9,12H,3-4,8,10-11H2,(H,21,24). The summed E-state index contributed by atoms with van der Waals surface area (Å²) in [6.07, 6.45) is 1.82. The number of halogens is 1. The van der Waals surface area contributed by atoms with Crippen LogP contribution in [0.4, 0.5) is 4.39 Å². The number of nitrogens with one attached hydrogen (secondary N) is 1. The van der Waals surface area contributed by atoms with Crippen LogP contribution >= 0.6 is 11.3 Å². The van der Waals surface area contributed by atoms with Crippen LogP contribution in [0.3, 0.4) is 0 Å². The molecule has 1 fully saturated rings. The molecule has 2 aromatic heterocycles. The largest absolute Gasteiger partial charge is 0.376 e. The van der Waals surface area contributed by atoms with E-state index in [0.29, 0.717) is 18.7 Å². The lowest BCUT2D eigenvalue weighted by atomic mass is 10.2. The second-order valence-electron chi connectivity index (χ2n) is 6.53. The Morgan fingerprint density at radius 2 is 2.11 bits per heavy atom. The Hall–Kier alpha value is -2.78. The highest BCUT2D eigenvalue weighted by Gasteiger charge is 2.20. The van der Waals surface area contributed by atoms with E-state index in [4.69, 9.17) is 4.74 Å². The molecule has 3 aromatic rings. The van der Waals surface area contributed by atoms with Crippen molar-refractivity contribution < 1.29 is 13.9 Å². The highest BCUT2D eigenvalue weighted by atomic mass is 32.1. The number of benzene rings is 1. The molecular weight excluding hydrogens is 385 g/mol. The van der Waals surface area contributed by atoms with Crippen LogP contribution in [-0.4, -0.2) is 34.3 Å². The van der Waals surface area contributed by atoms with Gasteiger partial charge in [-0.05, 0) is 36.4 Å². The summed E-state index contributed by atoms with van der Waals surface area (Å²) in [5, 5.41) is 4.43. The number of ether oxygens (including phenoxy) is 1. The van der Waals surface area contributed by atoms with E-state index in [2.05, 4.69) is 5.32 Å². The molecule has 9 heteroatoms. The van der Waals surface area contributed by atoms with Gasteiger partial charge in [-0.3, -0.25) is 14.2 Å². The molecule has 0 saturated carbocycles. The summed E-state index contributed by atoms with van der Waals surface area (Å²) in [7, 11) is 0. The van der Waals surface area contributed by atoms with Crippen LogP contribution in [0.15, 0.2) is 45.3 Å². The maximum Gasteiger partial charge on any atom is 0.336 e. The molecule has 1 atom stereocenters. The normalized spacial score (nSPS) is 16.5. The van der Waals surface area contributed by atoms with E-state index >= 15 is 0 Å². The Labute approximate surface area is 163 Å². The van der Waals surface area contributed by atoms with Crippen LogP contribution in [0.5, 0.6) is 0 Å². The lowest BCUT2D eigenvalue weighted by molar-refractivity contribution is -0.122. The minimum absolute atomic E-state index is 0.0193. The number of hydrogen-bond acceptors (Lipinski definition) is 5. The first-order chi connectivity index (χ1) is 13.6. The minimum Gasteiger partial charge on any atom is -0.376 e. The van der Waals surface area contributed by atoms with Crippen LogP contribution in [0.1, 0.15) is 12.8 Å². The van der Waals surface area contributed by atoms with Gasteiger partial charge in [0.15, 0.2) is 0 Å². The number of hydrogen-bond donors (Lipinski definition) is 1. The number of carbonyl (C=O) groups is 1. The molecule has 1 saturated heterocycles. The van der Waals surface area contributed by atoms with Crippen molar-refractivity contribution in [2.45, 2.75) is 25.5 Å². The monoisotopic (exact) mass is 403 g/mol. The van der Waals surface area contributed by atoms with Crippen molar-refractivity contribution in [2.24, 2.45) is 0 Å². The Morgan fingerprint density at radius 3 is 2.86 bits per heavy atom. The van der Waals surface area contributed by atoms with Gasteiger partial charge in [-0.2, -0.15) is 0 Å². The predicted octanol–water partition coefficient (Wildman–Crippen LogP) is 1.65. The van der Waals surface area contributed by atoms with Gasteiger partial charge in [0.05, 0.1) is 17.3 Å². The third-order valence-electron chi connectivity index (χ3n) is 4.70. The van der Waals surface area contributed by atoms with Gasteiger partial charge in [0.2, 0.25) is 5.91 Å². The number of thiophene rings is 1. The van der Waals surface area contributed by atoms with Gasteiger partial charge in [0.1, 0.15) is 17.1 Å². The van der Waals surface area contributed by atoms with E-state index < -0.39 is 17.1 Å². The fourth-order valence-corrected chi connectivity index (χ4v) is 4.14. The summed E-state index contributed by atoms with van der Waals surface area (Å²) >= 11 is 1.15. The molecule has 7 nitrogen and oxygen atoms in total. The summed E-state index contributed by atoms with van der Waals surface area (Å²) in [4.78, 5) is 38.2. The molecule has 1 amide bonds. The molecule has 1 aliphatic heterocycles. The third-order valence-corrected chi connectivity index (χ3v) is 5.59. The van der Waals surface area contributed by atoms with Crippen molar-refractivity contribution in [1.29, 1.82) is 0 Å². The number of amides is 1. The van der Waals surface area contributed by atoms with Crippen molar-refractivity contribution in [3.63, 3.8) is 0 Å². The summed E-state index contributed by atoms with van der Waals surface area (Å²) in [5.74, 6) is -1.06. The van der Waals surface area contributed by atoms with Crippen molar-refractivity contribution in [3.8, 4) is 5.69 Å². The van der Waals surface area contributed by atoms with Gasteiger partial charge in [-0.1, -0.05) is 12.1 Å². The smallest absolute Gasteiger partial charge is 0.336 e. The van der Waals surface area contributed by atoms with E-state index in [-0.39, 0.29) is 28.9 Å². The summed E-state index contributed by atoms with van der Waals surface area (Å²) < 4.78 is 22.0. The first kappa shape index (κ1) is 18.6. The topological polar surface area (TPSA) is 82.3 Å². The summed E-state index contributed by atoms with van der Waals surface area (Å²) in [6, 6.07) is 7.17. The highest BCUT2D eigenvalue weighted by Crippen LogP contribution is 2.17.